The lowest BCUT2D eigenvalue weighted by atomic mass is 9.57. The van der Waals surface area contributed by atoms with Crippen molar-refractivity contribution in [3.63, 3.8) is 0 Å². The Kier molecular flexibility index (Phi) is 4.89. The van der Waals surface area contributed by atoms with Gasteiger partial charge in [0.15, 0.2) is 0 Å². The van der Waals surface area contributed by atoms with Crippen LogP contribution in [-0.2, 0) is 4.74 Å². The monoisotopic (exact) mass is 336 g/mol. The van der Waals surface area contributed by atoms with Gasteiger partial charge >= 0.3 is 6.03 Å². The zero-order valence-corrected chi connectivity index (χ0v) is 16.2. The molecule has 4 nitrogen and oxygen atoms in total. The molecule has 4 heteroatoms. The van der Waals surface area contributed by atoms with Crippen LogP contribution >= 0.6 is 0 Å². The van der Waals surface area contributed by atoms with E-state index in [-0.39, 0.29) is 17.5 Å². The fourth-order valence-corrected chi connectivity index (χ4v) is 5.29. The van der Waals surface area contributed by atoms with Gasteiger partial charge in [0.2, 0.25) is 0 Å². The zero-order valence-electron chi connectivity index (χ0n) is 16.2. The molecule has 24 heavy (non-hydrogen) atoms. The third-order valence-corrected chi connectivity index (χ3v) is 7.47. The molecule has 3 atom stereocenters. The molecule has 3 fully saturated rings. The van der Waals surface area contributed by atoms with E-state index in [0.717, 1.165) is 31.8 Å². The Labute approximate surface area is 147 Å². The quantitative estimate of drug-likeness (QED) is 0.812. The second-order valence-electron chi connectivity index (χ2n) is 9.55. The minimum Gasteiger partial charge on any atom is -0.377 e. The first-order valence-corrected chi connectivity index (χ1v) is 9.94. The van der Waals surface area contributed by atoms with Gasteiger partial charge in [0.1, 0.15) is 0 Å². The summed E-state index contributed by atoms with van der Waals surface area (Å²) in [5, 5.41) is 6.48. The lowest BCUT2D eigenvalue weighted by Crippen LogP contribution is -2.68. The first-order valence-electron chi connectivity index (χ1n) is 9.94. The van der Waals surface area contributed by atoms with Crippen LogP contribution in [0.4, 0.5) is 4.79 Å². The molecule has 0 spiro atoms. The summed E-state index contributed by atoms with van der Waals surface area (Å²) in [6, 6.07) is 0.615. The zero-order chi connectivity index (χ0) is 17.5. The standard InChI is InChI=1S/C20H36N2O2/c1-6-19(2,3)13-7-9-14(10-8-13)21-18(23)22-16-15-11-12-24-17(15)20(16,4)5/h13-17H,6-12H2,1-5H3,(H2,21,22,23)/t13?,14?,15-,16+,17-/m0/s1. The Morgan fingerprint density at radius 3 is 2.42 bits per heavy atom. The van der Waals surface area contributed by atoms with Crippen molar-refractivity contribution in [1.82, 2.24) is 10.6 Å². The molecule has 0 aromatic rings. The van der Waals surface area contributed by atoms with Crippen LogP contribution in [0.5, 0.6) is 0 Å². The number of carbonyl (C=O) groups excluding carboxylic acids is 1. The molecule has 0 aromatic heterocycles. The number of nitrogens with one attached hydrogen (secondary N) is 2. The van der Waals surface area contributed by atoms with E-state index in [0.29, 0.717) is 23.5 Å². The van der Waals surface area contributed by atoms with Crippen LogP contribution in [0.2, 0.25) is 0 Å². The largest absolute Gasteiger partial charge is 0.377 e. The molecule has 1 aliphatic heterocycles. The summed E-state index contributed by atoms with van der Waals surface area (Å²) in [5.41, 5.74) is 0.488. The van der Waals surface area contributed by atoms with Gasteiger partial charge < -0.3 is 15.4 Å². The third kappa shape index (κ3) is 3.18. The van der Waals surface area contributed by atoms with Crippen LogP contribution in [0.1, 0.15) is 73.1 Å². The van der Waals surface area contributed by atoms with Crippen molar-refractivity contribution >= 4 is 6.03 Å². The molecule has 2 amide bonds. The van der Waals surface area contributed by atoms with Gasteiger partial charge in [-0.15, -0.1) is 0 Å². The van der Waals surface area contributed by atoms with Gasteiger partial charge in [0.05, 0.1) is 6.10 Å². The van der Waals surface area contributed by atoms with E-state index in [1.54, 1.807) is 0 Å². The van der Waals surface area contributed by atoms with Gasteiger partial charge in [-0.05, 0) is 43.4 Å². The molecule has 0 radical (unpaired) electrons. The minimum atomic E-state index is 0.0247. The minimum absolute atomic E-state index is 0.0247. The number of ether oxygens (including phenoxy) is 1. The van der Waals surface area contributed by atoms with Crippen LogP contribution in [0.3, 0.4) is 0 Å². The van der Waals surface area contributed by atoms with E-state index in [1.807, 2.05) is 0 Å². The molecule has 1 heterocycles. The molecule has 3 rings (SSSR count). The topological polar surface area (TPSA) is 50.4 Å². The number of hydrogen-bond acceptors (Lipinski definition) is 2. The highest BCUT2D eigenvalue weighted by Crippen LogP contribution is 2.52. The second kappa shape index (κ2) is 6.51. The lowest BCUT2D eigenvalue weighted by molar-refractivity contribution is -0.108. The first-order chi connectivity index (χ1) is 11.3. The summed E-state index contributed by atoms with van der Waals surface area (Å²) >= 11 is 0. The summed E-state index contributed by atoms with van der Waals surface area (Å²) in [6.45, 7) is 12.3. The Bertz CT molecular complexity index is 466. The normalized spacial score (nSPS) is 38.1. The van der Waals surface area contributed by atoms with Crippen molar-refractivity contribution in [3.05, 3.63) is 0 Å². The number of urea groups is 1. The van der Waals surface area contributed by atoms with Gasteiger partial charge in [0, 0.05) is 30.0 Å². The molecule has 0 bridgehead atoms. The van der Waals surface area contributed by atoms with Crippen molar-refractivity contribution < 1.29 is 9.53 Å². The fourth-order valence-electron chi connectivity index (χ4n) is 5.29. The summed E-state index contributed by atoms with van der Waals surface area (Å²) < 4.78 is 5.81. The summed E-state index contributed by atoms with van der Waals surface area (Å²) in [7, 11) is 0. The highest BCUT2D eigenvalue weighted by molar-refractivity contribution is 5.75. The van der Waals surface area contributed by atoms with Gasteiger partial charge in [-0.1, -0.05) is 41.0 Å². The molecule has 0 unspecified atom stereocenters. The van der Waals surface area contributed by atoms with E-state index < -0.39 is 0 Å². The molecular weight excluding hydrogens is 300 g/mol. The number of amides is 2. The molecule has 138 valence electrons. The SMILES string of the molecule is CCC(C)(C)C1CCC(NC(=O)N[C@@H]2[C@@H]3CCO[C@@H]3C2(C)C)CC1. The van der Waals surface area contributed by atoms with E-state index in [1.165, 1.54) is 19.3 Å². The molecule has 1 saturated heterocycles. The molecule has 2 aliphatic carbocycles. The van der Waals surface area contributed by atoms with Gasteiger partial charge in [-0.2, -0.15) is 0 Å². The molecular formula is C20H36N2O2. The van der Waals surface area contributed by atoms with Gasteiger partial charge in [0.25, 0.3) is 0 Å². The fraction of sp³-hybridized carbons (Fsp3) is 0.950. The van der Waals surface area contributed by atoms with Crippen molar-refractivity contribution in [2.75, 3.05) is 6.61 Å². The Balaban J connectivity index is 1.45. The van der Waals surface area contributed by atoms with Crippen molar-refractivity contribution in [1.29, 1.82) is 0 Å². The number of fused-ring (bicyclic) bond motifs is 1. The van der Waals surface area contributed by atoms with E-state index >= 15 is 0 Å². The molecule has 2 N–H and O–H groups in total. The van der Waals surface area contributed by atoms with E-state index in [2.05, 4.69) is 45.3 Å². The number of rotatable bonds is 4. The number of carbonyl (C=O) groups is 1. The first kappa shape index (κ1) is 18.0. The second-order valence-corrected chi connectivity index (χ2v) is 9.55. The maximum absolute atomic E-state index is 12.5. The van der Waals surface area contributed by atoms with Crippen LogP contribution in [0.15, 0.2) is 0 Å². The van der Waals surface area contributed by atoms with Crippen LogP contribution < -0.4 is 10.6 Å². The van der Waals surface area contributed by atoms with Crippen LogP contribution in [-0.4, -0.2) is 30.8 Å². The van der Waals surface area contributed by atoms with Gasteiger partial charge in [-0.3, -0.25) is 0 Å². The summed E-state index contributed by atoms with van der Waals surface area (Å²) in [4.78, 5) is 12.5. The average molecular weight is 337 g/mol. The molecule has 2 saturated carbocycles. The van der Waals surface area contributed by atoms with Crippen LogP contribution in [0.25, 0.3) is 0 Å². The predicted molar refractivity (Wildman–Crippen MR) is 96.9 cm³/mol. The highest BCUT2D eigenvalue weighted by Gasteiger charge is 2.59. The maximum Gasteiger partial charge on any atom is 0.315 e. The Hall–Kier alpha value is -0.770. The van der Waals surface area contributed by atoms with Crippen LogP contribution in [0, 0.1) is 22.7 Å². The average Bonchev–Trinajstić information content (AvgIpc) is 3.00. The van der Waals surface area contributed by atoms with E-state index in [9.17, 15) is 4.79 Å². The van der Waals surface area contributed by atoms with E-state index in [4.69, 9.17) is 4.74 Å². The maximum atomic E-state index is 12.5. The Morgan fingerprint density at radius 1 is 1.12 bits per heavy atom. The smallest absolute Gasteiger partial charge is 0.315 e. The highest BCUT2D eigenvalue weighted by atomic mass is 16.5. The molecule has 3 aliphatic rings. The number of hydrogen-bond donors (Lipinski definition) is 2. The summed E-state index contributed by atoms with van der Waals surface area (Å²) in [6.07, 6.45) is 7.34. The van der Waals surface area contributed by atoms with Gasteiger partial charge in [-0.25, -0.2) is 4.79 Å². The molecule has 0 aromatic carbocycles. The summed E-state index contributed by atoms with van der Waals surface area (Å²) in [5.74, 6) is 1.30. The lowest BCUT2D eigenvalue weighted by Gasteiger charge is -2.54. The predicted octanol–water partition coefficient (Wildman–Crippen LogP) is 4.09. The van der Waals surface area contributed by atoms with Crippen molar-refractivity contribution in [3.8, 4) is 0 Å². The van der Waals surface area contributed by atoms with Crippen molar-refractivity contribution in [2.24, 2.45) is 22.7 Å². The Morgan fingerprint density at radius 2 is 1.79 bits per heavy atom. The third-order valence-electron chi connectivity index (χ3n) is 7.47. The van der Waals surface area contributed by atoms with Crippen molar-refractivity contribution in [2.45, 2.75) is 91.3 Å².